The van der Waals surface area contributed by atoms with E-state index in [2.05, 4.69) is 90.0 Å². The van der Waals surface area contributed by atoms with Crippen LogP contribution in [-0.4, -0.2) is 120 Å². The van der Waals surface area contributed by atoms with Gasteiger partial charge < -0.3 is 53.2 Å². The molecule has 0 bridgehead atoms. The lowest BCUT2D eigenvalue weighted by Crippen LogP contribution is -2.66. The summed E-state index contributed by atoms with van der Waals surface area (Å²) in [6.07, 6.45) is 85.2. The minimum atomic E-state index is -1.92. The van der Waals surface area contributed by atoms with Gasteiger partial charge in [0.2, 0.25) is 12.6 Å². The molecule has 0 aromatic rings. The van der Waals surface area contributed by atoms with Crippen molar-refractivity contribution in [2.24, 2.45) is 47.3 Å². The topological polar surface area (TPSA) is 220 Å². The summed E-state index contributed by atoms with van der Waals surface area (Å²) in [5.74, 6) is -2.16. The number of ether oxygens (including phenoxy) is 8. The molecule has 4 unspecified atom stereocenters. The Labute approximate surface area is 888 Å². The Kier molecular flexibility index (Phi) is 87.7. The summed E-state index contributed by atoms with van der Waals surface area (Å²) in [6, 6.07) is 0. The molecule has 0 radical (unpaired) electrons. The predicted octanol–water partition coefficient (Wildman–Crippen LogP) is 36.8. The molecular weight excluding hydrogens is 1790 g/mol. The van der Waals surface area contributed by atoms with Gasteiger partial charge in [0.05, 0.1) is 6.61 Å². The SMILES string of the molecule is CCCCCCCCCCCCCCCC[C@H](C)C[C@H](C)/C=C(\C)C(=O)OCC1O[C@H](O[C@H]2OC(CO)[C@@H](OC(=O)/C(C)=C/[C@@H](C)C[C@@H](C)CCCCCCCCCCCCCCCC)C(O)[C@@H]2OC(=O)/C(C)=C/[C@@H](C)C[C@@H](C)CCCCCCCCCCCCCCCC)[C@H](OC(=O)CCCCCCCCCCCCCCC)C(OC(=O)/C(C)=C/[C@@H](C)C[C@@H](C)CCCCCCCCCCCCCCCC)[C@@H]1O. The molecule has 16 nitrogen and oxygen atoms in total. The highest BCUT2D eigenvalue weighted by Crippen LogP contribution is 2.37. The van der Waals surface area contributed by atoms with Crippen LogP contribution in [0, 0.1) is 47.3 Å². The van der Waals surface area contributed by atoms with E-state index in [0.717, 1.165) is 103 Å². The first-order chi connectivity index (χ1) is 69.7. The number of allylic oxidation sites excluding steroid dienone is 4. The molecular formula is C128H236O16. The third-order valence-corrected chi connectivity index (χ3v) is 31.3. The van der Waals surface area contributed by atoms with E-state index < -0.39 is 104 Å². The number of esters is 5. The number of carbonyl (C=O) groups is 5. The third-order valence-electron chi connectivity index (χ3n) is 31.3. The van der Waals surface area contributed by atoms with E-state index in [-0.39, 0.29) is 41.2 Å². The molecule has 0 spiro atoms. The molecule has 2 saturated heterocycles. The summed E-state index contributed by atoms with van der Waals surface area (Å²) < 4.78 is 52.2. The second-order valence-corrected chi connectivity index (χ2v) is 46.8. The van der Waals surface area contributed by atoms with E-state index in [1.54, 1.807) is 27.7 Å². The van der Waals surface area contributed by atoms with Crippen molar-refractivity contribution < 1.29 is 77.2 Å². The largest absolute Gasteiger partial charge is 0.459 e. The van der Waals surface area contributed by atoms with Gasteiger partial charge in [0, 0.05) is 28.7 Å². The van der Waals surface area contributed by atoms with Crippen molar-refractivity contribution in [1.29, 1.82) is 0 Å². The number of carbonyl (C=O) groups excluding carboxylic acids is 5. The molecule has 2 aliphatic rings. The number of hydrogen-bond donors (Lipinski definition) is 3. The van der Waals surface area contributed by atoms with Gasteiger partial charge >= 0.3 is 29.8 Å². The molecule has 2 aliphatic heterocycles. The second kappa shape index (κ2) is 92.7. The third kappa shape index (κ3) is 71.8. The molecule has 16 heteroatoms. The van der Waals surface area contributed by atoms with Crippen LogP contribution in [0.5, 0.6) is 0 Å². The van der Waals surface area contributed by atoms with Crippen molar-refractivity contribution >= 4 is 29.8 Å². The molecule has 0 aliphatic carbocycles. The van der Waals surface area contributed by atoms with Gasteiger partial charge in [0.1, 0.15) is 31.0 Å². The maximum Gasteiger partial charge on any atom is 0.333 e. The average molecular weight is 2030 g/mol. The summed E-state index contributed by atoms with van der Waals surface area (Å²) >= 11 is 0. The molecule has 144 heavy (non-hydrogen) atoms. The number of unbranched alkanes of at least 4 members (excludes halogenated alkanes) is 64. The van der Waals surface area contributed by atoms with Gasteiger partial charge in [-0.15, -0.1) is 0 Å². The van der Waals surface area contributed by atoms with Crippen LogP contribution >= 0.6 is 0 Å². The number of aliphatic hydroxyl groups is 3. The lowest BCUT2D eigenvalue weighted by Gasteiger charge is -2.47. The van der Waals surface area contributed by atoms with E-state index in [0.29, 0.717) is 41.2 Å². The Morgan fingerprint density at radius 1 is 0.257 bits per heavy atom. The van der Waals surface area contributed by atoms with Gasteiger partial charge in [0.15, 0.2) is 24.4 Å². The quantitative estimate of drug-likeness (QED) is 0.0223. The normalized spacial score (nSPS) is 20.4. The highest BCUT2D eigenvalue weighted by Gasteiger charge is 2.56. The highest BCUT2D eigenvalue weighted by atomic mass is 16.8. The van der Waals surface area contributed by atoms with Crippen LogP contribution in [0.1, 0.15) is 619 Å². The van der Waals surface area contributed by atoms with Crippen molar-refractivity contribution in [2.75, 3.05) is 13.2 Å². The zero-order chi connectivity index (χ0) is 106. The fourth-order valence-corrected chi connectivity index (χ4v) is 22.4. The van der Waals surface area contributed by atoms with Crippen LogP contribution in [0.25, 0.3) is 0 Å². The first kappa shape index (κ1) is 136. The van der Waals surface area contributed by atoms with Crippen molar-refractivity contribution in [3.63, 3.8) is 0 Å². The van der Waals surface area contributed by atoms with Gasteiger partial charge in [-0.3, -0.25) is 4.79 Å². The van der Waals surface area contributed by atoms with Crippen LogP contribution in [0.3, 0.4) is 0 Å². The van der Waals surface area contributed by atoms with E-state index >= 15 is 9.59 Å². The fourth-order valence-electron chi connectivity index (χ4n) is 22.4. The fraction of sp³-hybridized carbons (Fsp3) is 0.898. The van der Waals surface area contributed by atoms with Crippen LogP contribution in [0.15, 0.2) is 46.6 Å². The monoisotopic (exact) mass is 2030 g/mol. The summed E-state index contributed by atoms with van der Waals surface area (Å²) in [7, 11) is 0. The number of hydrogen-bond acceptors (Lipinski definition) is 16. The zero-order valence-electron chi connectivity index (χ0n) is 97.4. The average Bonchev–Trinajstić information content (AvgIpc) is 0.769. The van der Waals surface area contributed by atoms with Crippen LogP contribution in [-0.2, 0) is 61.9 Å². The van der Waals surface area contributed by atoms with Gasteiger partial charge in [-0.25, -0.2) is 19.2 Å². The summed E-state index contributed by atoms with van der Waals surface area (Å²) in [5, 5.41) is 37.5. The highest BCUT2D eigenvalue weighted by molar-refractivity contribution is 5.89. The Morgan fingerprint density at radius 2 is 0.472 bits per heavy atom. The van der Waals surface area contributed by atoms with Crippen LogP contribution in [0.2, 0.25) is 0 Å². The van der Waals surface area contributed by atoms with Crippen molar-refractivity contribution in [1.82, 2.24) is 0 Å². The van der Waals surface area contributed by atoms with E-state index in [1.807, 2.05) is 24.3 Å². The molecule has 2 heterocycles. The van der Waals surface area contributed by atoms with Gasteiger partial charge in [0.25, 0.3) is 0 Å². The molecule has 0 aromatic heterocycles. The molecule has 2 rings (SSSR count). The molecule has 0 aromatic carbocycles. The van der Waals surface area contributed by atoms with E-state index in [4.69, 9.17) is 37.9 Å². The van der Waals surface area contributed by atoms with Gasteiger partial charge in [-0.2, -0.15) is 0 Å². The summed E-state index contributed by atoms with van der Waals surface area (Å²) in [6.45, 7) is 34.1. The first-order valence-electron chi connectivity index (χ1n) is 62.4. The van der Waals surface area contributed by atoms with Crippen LogP contribution < -0.4 is 0 Å². The molecule has 844 valence electrons. The smallest absolute Gasteiger partial charge is 0.333 e. The molecule has 18 atom stereocenters. The number of rotatable bonds is 99. The van der Waals surface area contributed by atoms with E-state index in [1.165, 1.54) is 385 Å². The van der Waals surface area contributed by atoms with E-state index in [9.17, 15) is 29.7 Å². The second-order valence-electron chi connectivity index (χ2n) is 46.8. The minimum absolute atomic E-state index is 0.000840. The van der Waals surface area contributed by atoms with Crippen LogP contribution in [0.4, 0.5) is 0 Å². The van der Waals surface area contributed by atoms with Crippen molar-refractivity contribution in [3.05, 3.63) is 46.6 Å². The Bertz CT molecular complexity index is 3160. The predicted molar refractivity (Wildman–Crippen MR) is 605 cm³/mol. The molecule has 2 fully saturated rings. The lowest BCUT2D eigenvalue weighted by molar-refractivity contribution is -0.377. The first-order valence-corrected chi connectivity index (χ1v) is 62.4. The zero-order valence-corrected chi connectivity index (χ0v) is 97.4. The minimum Gasteiger partial charge on any atom is -0.459 e. The Balaban J connectivity index is 2.72. The van der Waals surface area contributed by atoms with Gasteiger partial charge in [-0.05, 0) is 107 Å². The maximum atomic E-state index is 15.1. The maximum absolute atomic E-state index is 15.1. The van der Waals surface area contributed by atoms with Gasteiger partial charge in [-0.1, -0.05) is 577 Å². The molecule has 0 saturated carbocycles. The lowest BCUT2D eigenvalue weighted by atomic mass is 9.91. The summed E-state index contributed by atoms with van der Waals surface area (Å²) in [4.78, 5) is 74.0. The molecule has 3 N–H and O–H groups in total. The van der Waals surface area contributed by atoms with Crippen molar-refractivity contribution in [3.8, 4) is 0 Å². The van der Waals surface area contributed by atoms with Crippen molar-refractivity contribution in [2.45, 2.75) is 680 Å². The standard InChI is InChI=1S/C128H236O16/c1-18-23-28-33-38-43-48-53-58-62-67-72-77-82-87-102(6)92-106(10)96-110(14)123(133)137-101-115-117(131)120(142-125(135)112(16)98-108(12)94-104(8)89-84-79-74-69-64-60-55-50-45-40-35-30-25-20-3)122(140-116(130)91-86-81-76-71-66-57-52-47-42-37-32-27-22-5)128(139-115)144-127-121(143-126(136)113(17)99-109(13)95-105(9)90-85-80-75-70-65-61-56-51-46-41-36-31-26-21-4)118(132)119(114(100-129)138-127)141-124(134)111(15)97-107(11)93-103(7)88-83-78-73-68-63-59-54-49-44-39-34-29-24-19-2/h96-99,102-109,114-115,117-122,127-129,131-132H,18-95,100-101H2,1-17H3/b110-96+,111-97+,112-98+,113-99+/t102-,103-,104-,105-,106-,107-,108-,109-,114?,115?,117+,118?,119+,120?,121-,122+,127+,128+/m0/s1. The molecule has 0 amide bonds. The Hall–Kier alpha value is -3.93. The summed E-state index contributed by atoms with van der Waals surface area (Å²) in [5.41, 5.74) is 1.18. The number of aliphatic hydroxyl groups excluding tert-OH is 3. The Morgan fingerprint density at radius 3 is 0.729 bits per heavy atom.